The van der Waals surface area contributed by atoms with Crippen LogP contribution in [0.3, 0.4) is 0 Å². The predicted molar refractivity (Wildman–Crippen MR) is 64.7 cm³/mol. The van der Waals surface area contributed by atoms with Crippen molar-refractivity contribution in [3.8, 4) is 0 Å². The number of nitrogens with zero attached hydrogens (tertiary/aromatic N) is 2. The van der Waals surface area contributed by atoms with Crippen LogP contribution in [0, 0.1) is 11.3 Å². The van der Waals surface area contributed by atoms with Gasteiger partial charge in [-0.25, -0.2) is 0 Å². The Morgan fingerprint density at radius 3 is 2.71 bits per heavy atom. The molecule has 0 aromatic heterocycles. The first-order valence-corrected chi connectivity index (χ1v) is 6.41. The monoisotopic (exact) mass is 239 g/mol. The second kappa shape index (κ2) is 4.55. The summed E-state index contributed by atoms with van der Waals surface area (Å²) in [6.07, 6.45) is 4.60. The van der Waals surface area contributed by atoms with E-state index < -0.39 is 5.41 Å². The Morgan fingerprint density at radius 2 is 2.29 bits per heavy atom. The van der Waals surface area contributed by atoms with Crippen molar-refractivity contribution in [2.45, 2.75) is 39.0 Å². The number of likely N-dealkylation sites (tertiary alicyclic amines) is 1. The number of amides is 1. The van der Waals surface area contributed by atoms with Crippen molar-refractivity contribution >= 4 is 11.7 Å². The van der Waals surface area contributed by atoms with E-state index in [0.29, 0.717) is 5.92 Å². The first-order valence-electron chi connectivity index (χ1n) is 6.41. The molecular formula is C12H21N3O2. The van der Waals surface area contributed by atoms with Crippen LogP contribution in [0.4, 0.5) is 0 Å². The largest absolute Gasteiger partial charge is 0.409 e. The molecular weight excluding hydrogens is 218 g/mol. The van der Waals surface area contributed by atoms with Gasteiger partial charge in [-0.05, 0) is 25.2 Å². The van der Waals surface area contributed by atoms with Gasteiger partial charge in [-0.15, -0.1) is 0 Å². The molecule has 1 unspecified atom stereocenters. The normalized spacial score (nSPS) is 27.9. The van der Waals surface area contributed by atoms with Gasteiger partial charge in [0.15, 0.2) is 5.84 Å². The van der Waals surface area contributed by atoms with E-state index in [-0.39, 0.29) is 11.7 Å². The highest BCUT2D eigenvalue weighted by molar-refractivity contribution is 6.07. The van der Waals surface area contributed by atoms with E-state index in [9.17, 15) is 4.79 Å². The zero-order chi connectivity index (χ0) is 12.5. The van der Waals surface area contributed by atoms with Gasteiger partial charge in [0.25, 0.3) is 0 Å². The molecule has 0 spiro atoms. The molecule has 1 aliphatic heterocycles. The number of amidine groups is 1. The summed E-state index contributed by atoms with van der Waals surface area (Å²) < 4.78 is 0. The minimum Gasteiger partial charge on any atom is -0.409 e. The van der Waals surface area contributed by atoms with Crippen LogP contribution in [-0.2, 0) is 4.79 Å². The fraction of sp³-hybridized carbons (Fsp3) is 0.833. The van der Waals surface area contributed by atoms with Gasteiger partial charge in [-0.2, -0.15) is 0 Å². The highest BCUT2D eigenvalue weighted by Crippen LogP contribution is 2.43. The van der Waals surface area contributed by atoms with E-state index in [2.05, 4.69) is 12.1 Å². The van der Waals surface area contributed by atoms with Crippen LogP contribution in [0.25, 0.3) is 0 Å². The quantitative estimate of drug-likeness (QED) is 0.336. The summed E-state index contributed by atoms with van der Waals surface area (Å²) in [5.41, 5.74) is 5.00. The molecule has 1 amide bonds. The Hall–Kier alpha value is -1.26. The summed E-state index contributed by atoms with van der Waals surface area (Å²) in [7, 11) is 0. The number of carbonyl (C=O) groups excluding carboxylic acids is 1. The van der Waals surface area contributed by atoms with Crippen molar-refractivity contribution in [3.63, 3.8) is 0 Å². The maximum atomic E-state index is 12.5. The molecule has 5 nitrogen and oxygen atoms in total. The molecule has 2 rings (SSSR count). The first-order chi connectivity index (χ1) is 8.14. The molecule has 96 valence electrons. The molecule has 5 heteroatoms. The molecule has 1 aliphatic carbocycles. The fourth-order valence-corrected chi connectivity index (χ4v) is 2.86. The van der Waals surface area contributed by atoms with E-state index in [1.807, 2.05) is 4.90 Å². The van der Waals surface area contributed by atoms with Crippen LogP contribution in [0.15, 0.2) is 5.16 Å². The summed E-state index contributed by atoms with van der Waals surface area (Å²) in [6.45, 7) is 3.80. The van der Waals surface area contributed by atoms with Crippen molar-refractivity contribution in [2.24, 2.45) is 22.2 Å². The van der Waals surface area contributed by atoms with Gasteiger partial charge in [0.05, 0.1) is 0 Å². The lowest BCUT2D eigenvalue weighted by Gasteiger charge is -2.41. The topological polar surface area (TPSA) is 78.9 Å². The summed E-state index contributed by atoms with van der Waals surface area (Å²) in [5, 5.41) is 11.9. The molecule has 0 bridgehead atoms. The SMILES string of the molecule is CCC1CCN(C(=O)C2(C(N)=NO)CCC2)C1. The van der Waals surface area contributed by atoms with Crippen LogP contribution in [0.2, 0.25) is 0 Å². The predicted octanol–water partition coefficient (Wildman–Crippen LogP) is 1.16. The second-order valence-corrected chi connectivity index (χ2v) is 5.24. The molecule has 1 saturated carbocycles. The van der Waals surface area contributed by atoms with Crippen molar-refractivity contribution < 1.29 is 10.0 Å². The zero-order valence-corrected chi connectivity index (χ0v) is 10.4. The van der Waals surface area contributed by atoms with Gasteiger partial charge < -0.3 is 15.8 Å². The van der Waals surface area contributed by atoms with Crippen molar-refractivity contribution in [3.05, 3.63) is 0 Å². The molecule has 2 fully saturated rings. The number of rotatable bonds is 3. The summed E-state index contributed by atoms with van der Waals surface area (Å²) in [4.78, 5) is 14.4. The maximum Gasteiger partial charge on any atom is 0.236 e. The number of hydrogen-bond donors (Lipinski definition) is 2. The van der Waals surface area contributed by atoms with Crippen LogP contribution >= 0.6 is 0 Å². The zero-order valence-electron chi connectivity index (χ0n) is 10.4. The Kier molecular flexibility index (Phi) is 3.26. The van der Waals surface area contributed by atoms with E-state index in [1.54, 1.807) is 0 Å². The Bertz CT molecular complexity index is 337. The average Bonchev–Trinajstić information content (AvgIpc) is 2.75. The number of carbonyl (C=O) groups is 1. The molecule has 1 atom stereocenters. The minimum atomic E-state index is -0.697. The van der Waals surface area contributed by atoms with Crippen molar-refractivity contribution in [1.29, 1.82) is 0 Å². The summed E-state index contributed by atoms with van der Waals surface area (Å²) >= 11 is 0. The average molecular weight is 239 g/mol. The van der Waals surface area contributed by atoms with Crippen molar-refractivity contribution in [1.82, 2.24) is 4.90 Å². The third-order valence-electron chi connectivity index (χ3n) is 4.36. The van der Waals surface area contributed by atoms with Gasteiger partial charge in [-0.3, -0.25) is 4.79 Å². The molecule has 3 N–H and O–H groups in total. The van der Waals surface area contributed by atoms with Crippen LogP contribution < -0.4 is 5.73 Å². The minimum absolute atomic E-state index is 0.0648. The lowest BCUT2D eigenvalue weighted by atomic mass is 9.67. The molecule has 0 aromatic carbocycles. The maximum absolute atomic E-state index is 12.5. The van der Waals surface area contributed by atoms with Gasteiger partial charge in [-0.1, -0.05) is 24.9 Å². The smallest absolute Gasteiger partial charge is 0.236 e. The molecule has 1 saturated heterocycles. The standard InChI is InChI=1S/C12H21N3O2/c1-2-9-4-7-15(8-9)11(16)12(5-3-6-12)10(13)14-17/h9,17H,2-8H2,1H3,(H2,13,14). The highest BCUT2D eigenvalue weighted by Gasteiger charge is 2.51. The lowest BCUT2D eigenvalue weighted by molar-refractivity contribution is -0.141. The van der Waals surface area contributed by atoms with Crippen LogP contribution in [0.5, 0.6) is 0 Å². The highest BCUT2D eigenvalue weighted by atomic mass is 16.4. The van der Waals surface area contributed by atoms with Crippen LogP contribution in [0.1, 0.15) is 39.0 Å². The Morgan fingerprint density at radius 1 is 1.59 bits per heavy atom. The third kappa shape index (κ3) is 1.87. The Balaban J connectivity index is 2.09. The second-order valence-electron chi connectivity index (χ2n) is 5.24. The van der Waals surface area contributed by atoms with Crippen molar-refractivity contribution in [2.75, 3.05) is 13.1 Å². The van der Waals surface area contributed by atoms with E-state index >= 15 is 0 Å². The number of hydrogen-bond acceptors (Lipinski definition) is 3. The third-order valence-corrected chi connectivity index (χ3v) is 4.36. The number of oxime groups is 1. The first kappa shape index (κ1) is 12.2. The number of nitrogens with two attached hydrogens (primary N) is 1. The van der Waals surface area contributed by atoms with E-state index in [1.165, 1.54) is 0 Å². The Labute approximate surface area is 102 Å². The molecule has 1 heterocycles. The van der Waals surface area contributed by atoms with Gasteiger partial charge >= 0.3 is 0 Å². The van der Waals surface area contributed by atoms with Crippen LogP contribution in [-0.4, -0.2) is 34.9 Å². The van der Waals surface area contributed by atoms with E-state index in [0.717, 1.165) is 45.2 Å². The van der Waals surface area contributed by atoms with Gasteiger partial charge in [0.2, 0.25) is 5.91 Å². The molecule has 0 aromatic rings. The molecule has 2 aliphatic rings. The van der Waals surface area contributed by atoms with E-state index in [4.69, 9.17) is 10.9 Å². The fourth-order valence-electron chi connectivity index (χ4n) is 2.86. The molecule has 0 radical (unpaired) electrons. The summed E-state index contributed by atoms with van der Waals surface area (Å²) in [5.74, 6) is 0.770. The lowest BCUT2D eigenvalue weighted by Crippen LogP contribution is -2.54. The van der Waals surface area contributed by atoms with Gasteiger partial charge in [0, 0.05) is 13.1 Å². The van der Waals surface area contributed by atoms with Gasteiger partial charge in [0.1, 0.15) is 5.41 Å². The summed E-state index contributed by atoms with van der Waals surface area (Å²) in [6, 6.07) is 0. The molecule has 17 heavy (non-hydrogen) atoms.